The summed E-state index contributed by atoms with van der Waals surface area (Å²) in [7, 11) is 1.72. The first kappa shape index (κ1) is 14.4. The van der Waals surface area contributed by atoms with Crippen LogP contribution in [0.2, 0.25) is 0 Å². The molecule has 0 spiro atoms. The van der Waals surface area contributed by atoms with Crippen LogP contribution >= 0.6 is 0 Å². The van der Waals surface area contributed by atoms with Crippen molar-refractivity contribution in [2.24, 2.45) is 0 Å². The summed E-state index contributed by atoms with van der Waals surface area (Å²) in [6.45, 7) is 9.39. The van der Waals surface area contributed by atoms with Crippen molar-refractivity contribution >= 4 is 11.7 Å². The fourth-order valence-corrected chi connectivity index (χ4v) is 1.45. The molecular formula is C12H20N2O2. The van der Waals surface area contributed by atoms with Crippen molar-refractivity contribution in [3.8, 4) is 0 Å². The molecular weight excluding hydrogens is 204 g/mol. The molecule has 0 atom stereocenters. The van der Waals surface area contributed by atoms with Crippen LogP contribution in [0.1, 0.15) is 27.2 Å². The zero-order chi connectivity index (χ0) is 12.7. The lowest BCUT2D eigenvalue weighted by Crippen LogP contribution is -2.19. The van der Waals surface area contributed by atoms with Gasteiger partial charge in [0.05, 0.1) is 23.6 Å². The summed E-state index contributed by atoms with van der Waals surface area (Å²) < 4.78 is 4.89. The molecule has 90 valence electrons. The first-order valence-electron chi connectivity index (χ1n) is 5.32. The lowest BCUT2D eigenvalue weighted by atomic mass is 10.0. The van der Waals surface area contributed by atoms with Crippen LogP contribution in [-0.2, 0) is 9.53 Å². The number of rotatable bonds is 6. The van der Waals surface area contributed by atoms with Crippen molar-refractivity contribution in [2.75, 3.05) is 13.7 Å². The van der Waals surface area contributed by atoms with E-state index in [1.807, 2.05) is 6.92 Å². The Morgan fingerprint density at radius 2 is 2.00 bits per heavy atom. The van der Waals surface area contributed by atoms with Gasteiger partial charge in [-0.1, -0.05) is 13.5 Å². The summed E-state index contributed by atoms with van der Waals surface area (Å²) in [6.07, 6.45) is 0.629. The number of hydrogen-bond donors (Lipinski definition) is 2. The van der Waals surface area contributed by atoms with Gasteiger partial charge in [-0.2, -0.15) is 0 Å². The molecule has 0 unspecified atom stereocenters. The Morgan fingerprint density at radius 1 is 1.44 bits per heavy atom. The average Bonchev–Trinajstić information content (AvgIpc) is 2.24. The second-order valence-electron chi connectivity index (χ2n) is 3.28. The zero-order valence-corrected chi connectivity index (χ0v) is 10.4. The second kappa shape index (κ2) is 6.82. The van der Waals surface area contributed by atoms with Gasteiger partial charge in [-0.25, -0.2) is 4.79 Å². The zero-order valence-electron chi connectivity index (χ0n) is 10.4. The summed E-state index contributed by atoms with van der Waals surface area (Å²) in [6, 6.07) is 0. The van der Waals surface area contributed by atoms with E-state index in [0.717, 1.165) is 5.57 Å². The van der Waals surface area contributed by atoms with Crippen molar-refractivity contribution in [3.63, 3.8) is 0 Å². The summed E-state index contributed by atoms with van der Waals surface area (Å²) in [4.78, 5) is 11.5. The van der Waals surface area contributed by atoms with Gasteiger partial charge in [0.15, 0.2) is 0 Å². The van der Waals surface area contributed by atoms with Gasteiger partial charge in [0, 0.05) is 7.05 Å². The molecule has 0 aromatic rings. The highest BCUT2D eigenvalue weighted by Gasteiger charge is 2.16. The number of hydrogen-bond acceptors (Lipinski definition) is 4. The number of esters is 1. The van der Waals surface area contributed by atoms with E-state index >= 15 is 0 Å². The van der Waals surface area contributed by atoms with Crippen molar-refractivity contribution < 1.29 is 9.53 Å². The van der Waals surface area contributed by atoms with Gasteiger partial charge in [-0.3, -0.25) is 0 Å². The molecule has 0 fully saturated rings. The third-order valence-electron chi connectivity index (χ3n) is 2.17. The highest BCUT2D eigenvalue weighted by molar-refractivity contribution is 6.01. The molecule has 0 saturated heterocycles. The highest BCUT2D eigenvalue weighted by Crippen LogP contribution is 2.17. The Morgan fingerprint density at radius 3 is 2.31 bits per heavy atom. The van der Waals surface area contributed by atoms with Crippen molar-refractivity contribution in [2.45, 2.75) is 27.2 Å². The van der Waals surface area contributed by atoms with E-state index in [4.69, 9.17) is 10.1 Å². The molecule has 0 amide bonds. The van der Waals surface area contributed by atoms with E-state index in [0.29, 0.717) is 30.0 Å². The van der Waals surface area contributed by atoms with Gasteiger partial charge in [-0.05, 0) is 25.8 Å². The Hall–Kier alpha value is -1.58. The van der Waals surface area contributed by atoms with Crippen LogP contribution in [0.15, 0.2) is 23.4 Å². The van der Waals surface area contributed by atoms with E-state index < -0.39 is 5.97 Å². The van der Waals surface area contributed by atoms with E-state index in [1.165, 1.54) is 0 Å². The summed E-state index contributed by atoms with van der Waals surface area (Å²) in [5, 5.41) is 10.5. The molecule has 0 aromatic carbocycles. The van der Waals surface area contributed by atoms with Crippen LogP contribution in [0.5, 0.6) is 0 Å². The van der Waals surface area contributed by atoms with E-state index in [2.05, 4.69) is 11.9 Å². The largest absolute Gasteiger partial charge is 0.462 e. The van der Waals surface area contributed by atoms with Crippen LogP contribution in [0.25, 0.3) is 0 Å². The molecule has 0 saturated carbocycles. The predicted molar refractivity (Wildman–Crippen MR) is 65.6 cm³/mol. The van der Waals surface area contributed by atoms with Gasteiger partial charge >= 0.3 is 5.97 Å². The van der Waals surface area contributed by atoms with Gasteiger partial charge in [0.2, 0.25) is 0 Å². The van der Waals surface area contributed by atoms with E-state index in [-0.39, 0.29) is 0 Å². The smallest absolute Gasteiger partial charge is 0.337 e. The maximum Gasteiger partial charge on any atom is 0.337 e. The maximum atomic E-state index is 11.5. The molecule has 4 heteroatoms. The van der Waals surface area contributed by atoms with E-state index in [1.54, 1.807) is 20.9 Å². The Balaban J connectivity index is 5.19. The van der Waals surface area contributed by atoms with Crippen molar-refractivity contribution in [3.05, 3.63) is 23.4 Å². The summed E-state index contributed by atoms with van der Waals surface area (Å²) in [5.74, 6) is -0.423. The van der Waals surface area contributed by atoms with Gasteiger partial charge in [-0.15, -0.1) is 0 Å². The maximum absolute atomic E-state index is 11.5. The summed E-state index contributed by atoms with van der Waals surface area (Å²) >= 11 is 0. The number of carbonyl (C=O) groups excluding carboxylic acids is 1. The lowest BCUT2D eigenvalue weighted by Gasteiger charge is -2.14. The molecule has 0 aliphatic heterocycles. The van der Waals surface area contributed by atoms with Crippen LogP contribution < -0.4 is 5.32 Å². The van der Waals surface area contributed by atoms with Crippen LogP contribution in [0.3, 0.4) is 0 Å². The molecule has 0 aromatic heterocycles. The van der Waals surface area contributed by atoms with E-state index in [9.17, 15) is 4.79 Å². The first-order valence-corrected chi connectivity index (χ1v) is 5.32. The minimum Gasteiger partial charge on any atom is -0.462 e. The molecule has 0 bridgehead atoms. The standard InChI is InChI=1S/C12H20N2O2/c1-6-10(11(14-5)9(4)13)8(3)12(15)16-7-2/h13-14H,3,6-7H2,1-2,4-5H3/b11-10-,13-9?. The van der Waals surface area contributed by atoms with Gasteiger partial charge < -0.3 is 15.5 Å². The van der Waals surface area contributed by atoms with Crippen molar-refractivity contribution in [1.29, 1.82) is 5.41 Å². The Bertz CT molecular complexity index is 330. The van der Waals surface area contributed by atoms with Gasteiger partial charge in [0.1, 0.15) is 0 Å². The quantitative estimate of drug-likeness (QED) is 0.314. The van der Waals surface area contributed by atoms with Crippen LogP contribution in [0.4, 0.5) is 0 Å². The average molecular weight is 224 g/mol. The number of nitrogens with one attached hydrogen (secondary N) is 2. The summed E-state index contributed by atoms with van der Waals surface area (Å²) in [5.41, 5.74) is 2.07. The molecule has 0 heterocycles. The third kappa shape index (κ3) is 3.53. The molecule has 16 heavy (non-hydrogen) atoms. The number of carbonyl (C=O) groups is 1. The molecule has 2 N–H and O–H groups in total. The van der Waals surface area contributed by atoms with Crippen LogP contribution in [0, 0.1) is 5.41 Å². The lowest BCUT2D eigenvalue weighted by molar-refractivity contribution is -0.138. The minimum atomic E-state index is -0.423. The minimum absolute atomic E-state index is 0.320. The highest BCUT2D eigenvalue weighted by atomic mass is 16.5. The number of ether oxygens (including phenoxy) is 1. The molecule has 0 radical (unpaired) electrons. The van der Waals surface area contributed by atoms with Crippen LogP contribution in [-0.4, -0.2) is 25.3 Å². The topological polar surface area (TPSA) is 62.2 Å². The normalized spacial score (nSPS) is 11.5. The Labute approximate surface area is 96.9 Å². The second-order valence-corrected chi connectivity index (χ2v) is 3.28. The molecule has 0 rings (SSSR count). The first-order chi connectivity index (χ1) is 7.49. The number of allylic oxidation sites excluding steroid dienone is 1. The molecule has 0 aliphatic rings. The Kier molecular flexibility index (Phi) is 6.15. The van der Waals surface area contributed by atoms with Crippen molar-refractivity contribution in [1.82, 2.24) is 5.32 Å². The SMILES string of the molecule is C=C(C(=O)OCC)/C(CC)=C(\NC)C(C)=N. The molecule has 4 nitrogen and oxygen atoms in total. The fraction of sp³-hybridized carbons (Fsp3) is 0.500. The van der Waals surface area contributed by atoms with Gasteiger partial charge in [0.25, 0.3) is 0 Å². The monoisotopic (exact) mass is 224 g/mol. The third-order valence-corrected chi connectivity index (χ3v) is 2.17. The predicted octanol–water partition coefficient (Wildman–Crippen LogP) is 2.03. The molecule has 0 aliphatic carbocycles. The fourth-order valence-electron chi connectivity index (χ4n) is 1.45.